The molecular weight excluding hydrogens is 324 g/mol. The number of esters is 1. The van der Waals surface area contributed by atoms with Crippen molar-refractivity contribution >= 4 is 17.6 Å². The zero-order valence-electron chi connectivity index (χ0n) is 13.5. The van der Waals surface area contributed by atoms with Crippen LogP contribution in [0.25, 0.3) is 0 Å². The lowest BCUT2D eigenvalue weighted by molar-refractivity contribution is -0.384. The molecule has 0 aliphatic heterocycles. The van der Waals surface area contributed by atoms with Crippen molar-refractivity contribution in [3.05, 3.63) is 75.3 Å². The van der Waals surface area contributed by atoms with Gasteiger partial charge in [0.2, 0.25) is 0 Å². The average Bonchev–Trinajstić information content (AvgIpc) is 2.91. The van der Waals surface area contributed by atoms with Crippen molar-refractivity contribution in [3.63, 3.8) is 0 Å². The van der Waals surface area contributed by atoms with Crippen LogP contribution < -0.4 is 5.32 Å². The number of ether oxygens (including phenoxy) is 1. The van der Waals surface area contributed by atoms with Crippen molar-refractivity contribution < 1.29 is 19.2 Å². The van der Waals surface area contributed by atoms with Gasteiger partial charge in [0.05, 0.1) is 11.0 Å². The van der Waals surface area contributed by atoms with Crippen LogP contribution in [-0.4, -0.2) is 22.9 Å². The van der Waals surface area contributed by atoms with E-state index in [2.05, 4.69) is 5.32 Å². The molecule has 1 aliphatic carbocycles. The van der Waals surface area contributed by atoms with Crippen molar-refractivity contribution in [1.29, 1.82) is 0 Å². The number of carbonyl (C=O) groups is 2. The van der Waals surface area contributed by atoms with E-state index in [0.717, 1.165) is 5.56 Å². The number of hydrogen-bond acceptors (Lipinski definition) is 5. The summed E-state index contributed by atoms with van der Waals surface area (Å²) in [5, 5.41) is 13.9. The maximum Gasteiger partial charge on any atom is 0.302 e. The number of rotatable bonds is 4. The molecule has 2 aromatic carbocycles. The van der Waals surface area contributed by atoms with Crippen molar-refractivity contribution in [1.82, 2.24) is 5.32 Å². The lowest BCUT2D eigenvalue weighted by atomic mass is 10.1. The SMILES string of the molecule is CC(=O)O[C@@H]1Cc2ccc([N+](=O)[O-])cc2[C@H]1NC(=O)c1ccccc1. The molecule has 0 bridgehead atoms. The second kappa shape index (κ2) is 6.72. The second-order valence-electron chi connectivity index (χ2n) is 5.81. The number of carbonyl (C=O) groups excluding carboxylic acids is 2. The highest BCUT2D eigenvalue weighted by molar-refractivity contribution is 5.94. The first kappa shape index (κ1) is 16.6. The number of fused-ring (bicyclic) bond motifs is 1. The molecule has 0 spiro atoms. The van der Waals surface area contributed by atoms with Gasteiger partial charge in [-0.05, 0) is 23.3 Å². The second-order valence-corrected chi connectivity index (χ2v) is 5.81. The maximum atomic E-state index is 12.5. The van der Waals surface area contributed by atoms with Crippen LogP contribution in [-0.2, 0) is 16.0 Å². The van der Waals surface area contributed by atoms with Crippen molar-refractivity contribution in [2.45, 2.75) is 25.5 Å². The third kappa shape index (κ3) is 3.50. The van der Waals surface area contributed by atoms with E-state index in [1.165, 1.54) is 19.1 Å². The number of nitro groups is 1. The van der Waals surface area contributed by atoms with E-state index in [1.807, 2.05) is 0 Å². The van der Waals surface area contributed by atoms with Crippen molar-refractivity contribution in [3.8, 4) is 0 Å². The normalized spacial score (nSPS) is 18.3. The molecule has 1 N–H and O–H groups in total. The molecule has 0 unspecified atom stereocenters. The number of nitro benzene ring substituents is 1. The zero-order valence-corrected chi connectivity index (χ0v) is 13.5. The minimum Gasteiger partial charge on any atom is -0.460 e. The number of hydrogen-bond donors (Lipinski definition) is 1. The molecule has 128 valence electrons. The minimum absolute atomic E-state index is 0.0683. The van der Waals surface area contributed by atoms with E-state index in [4.69, 9.17) is 4.74 Å². The minimum atomic E-state index is -0.633. The van der Waals surface area contributed by atoms with Crippen LogP contribution in [0, 0.1) is 10.1 Å². The molecule has 0 fully saturated rings. The monoisotopic (exact) mass is 340 g/mol. The lowest BCUT2D eigenvalue weighted by Crippen LogP contribution is -2.36. The van der Waals surface area contributed by atoms with Crippen molar-refractivity contribution in [2.24, 2.45) is 0 Å². The molecule has 25 heavy (non-hydrogen) atoms. The lowest BCUT2D eigenvalue weighted by Gasteiger charge is -2.21. The molecule has 0 saturated carbocycles. The van der Waals surface area contributed by atoms with Gasteiger partial charge >= 0.3 is 5.97 Å². The largest absolute Gasteiger partial charge is 0.460 e. The van der Waals surface area contributed by atoms with Gasteiger partial charge in [-0.25, -0.2) is 0 Å². The van der Waals surface area contributed by atoms with Crippen LogP contribution in [0.15, 0.2) is 48.5 Å². The number of nitrogens with one attached hydrogen (secondary N) is 1. The molecule has 0 saturated heterocycles. The molecule has 2 atom stereocenters. The molecule has 1 amide bonds. The highest BCUT2D eigenvalue weighted by atomic mass is 16.6. The Bertz CT molecular complexity index is 835. The molecule has 1 aliphatic rings. The van der Waals surface area contributed by atoms with Gasteiger partial charge in [-0.15, -0.1) is 0 Å². The summed E-state index contributed by atoms with van der Waals surface area (Å²) in [4.78, 5) is 34.4. The highest BCUT2D eigenvalue weighted by Crippen LogP contribution is 2.36. The first-order valence-electron chi connectivity index (χ1n) is 7.76. The Labute approximate surface area is 143 Å². The molecule has 0 aromatic heterocycles. The Morgan fingerprint density at radius 1 is 1.20 bits per heavy atom. The highest BCUT2D eigenvalue weighted by Gasteiger charge is 2.37. The molecule has 3 rings (SSSR count). The van der Waals surface area contributed by atoms with Crippen LogP contribution >= 0.6 is 0 Å². The molecule has 7 heteroatoms. The van der Waals surface area contributed by atoms with E-state index < -0.39 is 23.0 Å². The smallest absolute Gasteiger partial charge is 0.302 e. The third-order valence-electron chi connectivity index (χ3n) is 4.11. The number of non-ortho nitro benzene ring substituents is 1. The Hall–Kier alpha value is -3.22. The van der Waals surface area contributed by atoms with Gasteiger partial charge in [-0.1, -0.05) is 24.3 Å². The molecule has 7 nitrogen and oxygen atoms in total. The summed E-state index contributed by atoms with van der Waals surface area (Å²) < 4.78 is 5.32. The maximum absolute atomic E-state index is 12.5. The predicted molar refractivity (Wildman–Crippen MR) is 89.0 cm³/mol. The standard InChI is InChI=1S/C18H16N2O5/c1-11(21)25-16-9-13-7-8-14(20(23)24)10-15(13)17(16)19-18(22)12-5-3-2-4-6-12/h2-8,10,16-17H,9H2,1H3,(H,19,22)/t16-,17-/m1/s1. The summed E-state index contributed by atoms with van der Waals surface area (Å²) >= 11 is 0. The van der Waals surface area contributed by atoms with Crippen LogP contribution in [0.1, 0.15) is 34.5 Å². The third-order valence-corrected chi connectivity index (χ3v) is 4.11. The Kier molecular flexibility index (Phi) is 4.47. The van der Waals surface area contributed by atoms with Gasteiger partial charge < -0.3 is 10.1 Å². The van der Waals surface area contributed by atoms with Crippen LogP contribution in [0.5, 0.6) is 0 Å². The Morgan fingerprint density at radius 2 is 1.92 bits per heavy atom. The van der Waals surface area contributed by atoms with E-state index in [0.29, 0.717) is 17.5 Å². The van der Waals surface area contributed by atoms with Crippen LogP contribution in [0.4, 0.5) is 5.69 Å². The molecule has 0 radical (unpaired) electrons. The molecule has 2 aromatic rings. The number of benzene rings is 2. The fourth-order valence-corrected chi connectivity index (χ4v) is 3.01. The first-order chi connectivity index (χ1) is 12.0. The zero-order chi connectivity index (χ0) is 18.0. The van der Waals surface area contributed by atoms with Crippen molar-refractivity contribution in [2.75, 3.05) is 0 Å². The quantitative estimate of drug-likeness (QED) is 0.524. The fraction of sp³-hybridized carbons (Fsp3) is 0.222. The molecule has 0 heterocycles. The Morgan fingerprint density at radius 3 is 2.56 bits per heavy atom. The molecular formula is C18H16N2O5. The summed E-state index contributed by atoms with van der Waals surface area (Å²) in [6, 6.07) is 12.5. The topological polar surface area (TPSA) is 98.5 Å². The van der Waals surface area contributed by atoms with Crippen LogP contribution in [0.2, 0.25) is 0 Å². The van der Waals surface area contributed by atoms with Crippen LogP contribution in [0.3, 0.4) is 0 Å². The summed E-state index contributed by atoms with van der Waals surface area (Å²) in [5.74, 6) is -0.798. The number of amides is 1. The summed E-state index contributed by atoms with van der Waals surface area (Å²) in [7, 11) is 0. The predicted octanol–water partition coefficient (Wildman–Crippen LogP) is 2.55. The first-order valence-corrected chi connectivity index (χ1v) is 7.76. The Balaban J connectivity index is 1.93. The average molecular weight is 340 g/mol. The van der Waals surface area contributed by atoms with Gasteiger partial charge in [0, 0.05) is 31.0 Å². The van der Waals surface area contributed by atoms with E-state index in [9.17, 15) is 19.7 Å². The summed E-state index contributed by atoms with van der Waals surface area (Å²) in [5.41, 5.74) is 1.81. The number of nitrogens with zero attached hydrogens (tertiary/aromatic N) is 1. The van der Waals surface area contributed by atoms with E-state index in [1.54, 1.807) is 36.4 Å². The van der Waals surface area contributed by atoms with Gasteiger partial charge in [-0.3, -0.25) is 19.7 Å². The summed E-state index contributed by atoms with van der Waals surface area (Å²) in [6.07, 6.45) is -0.200. The van der Waals surface area contributed by atoms with Gasteiger partial charge in [0.1, 0.15) is 6.10 Å². The van der Waals surface area contributed by atoms with E-state index in [-0.39, 0.29) is 11.6 Å². The fourth-order valence-electron chi connectivity index (χ4n) is 3.01. The van der Waals surface area contributed by atoms with Gasteiger partial charge in [0.25, 0.3) is 11.6 Å². The van der Waals surface area contributed by atoms with Gasteiger partial charge in [-0.2, -0.15) is 0 Å². The summed E-state index contributed by atoms with van der Waals surface area (Å²) in [6.45, 7) is 1.29. The van der Waals surface area contributed by atoms with Gasteiger partial charge in [0.15, 0.2) is 0 Å². The van der Waals surface area contributed by atoms with E-state index >= 15 is 0 Å².